The molecule has 1 heterocycles. The number of halogens is 1. The van der Waals surface area contributed by atoms with E-state index < -0.39 is 22.5 Å². The molecule has 3 rings (SSSR count). The number of sulfonamides is 1. The van der Waals surface area contributed by atoms with Gasteiger partial charge in [-0.3, -0.25) is 9.10 Å². The van der Waals surface area contributed by atoms with Crippen LogP contribution in [0.15, 0.2) is 62.4 Å². The van der Waals surface area contributed by atoms with Crippen LogP contribution < -0.4 is 9.62 Å². The number of nitrogens with one attached hydrogen (secondary N) is 1. The number of aromatic nitrogens is 1. The summed E-state index contributed by atoms with van der Waals surface area (Å²) in [5, 5.41) is 6.49. The van der Waals surface area contributed by atoms with Crippen molar-refractivity contribution in [3.63, 3.8) is 0 Å². The van der Waals surface area contributed by atoms with Crippen molar-refractivity contribution in [2.45, 2.75) is 32.1 Å². The van der Waals surface area contributed by atoms with Crippen LogP contribution in [0.3, 0.4) is 0 Å². The Bertz CT molecular complexity index is 1120. The zero-order valence-electron chi connectivity index (χ0n) is 16.8. The minimum Gasteiger partial charge on any atom is -0.360 e. The van der Waals surface area contributed by atoms with Crippen molar-refractivity contribution in [1.82, 2.24) is 5.16 Å². The van der Waals surface area contributed by atoms with Gasteiger partial charge in [-0.2, -0.15) is 0 Å². The van der Waals surface area contributed by atoms with Gasteiger partial charge < -0.3 is 9.84 Å². The quantitative estimate of drug-likeness (QED) is 0.526. The molecular weight excluding hydrogens is 470 g/mol. The highest BCUT2D eigenvalue weighted by molar-refractivity contribution is 9.10. The van der Waals surface area contributed by atoms with Gasteiger partial charge in [0.2, 0.25) is 5.91 Å². The fourth-order valence-corrected chi connectivity index (χ4v) is 5.01. The Morgan fingerprint density at radius 1 is 1.10 bits per heavy atom. The number of benzene rings is 2. The Morgan fingerprint density at radius 3 is 2.27 bits per heavy atom. The second-order valence-electron chi connectivity index (χ2n) is 6.74. The van der Waals surface area contributed by atoms with Gasteiger partial charge >= 0.3 is 0 Å². The Morgan fingerprint density at radius 2 is 1.73 bits per heavy atom. The van der Waals surface area contributed by atoms with Gasteiger partial charge in [0.05, 0.1) is 5.69 Å². The number of hydrogen-bond acceptors (Lipinski definition) is 5. The molecule has 0 fully saturated rings. The van der Waals surface area contributed by atoms with Crippen LogP contribution >= 0.6 is 15.9 Å². The number of hydrogen-bond donors (Lipinski definition) is 1. The lowest BCUT2D eigenvalue weighted by Crippen LogP contribution is -2.38. The summed E-state index contributed by atoms with van der Waals surface area (Å²) in [5.74, 6) is -0.289. The van der Waals surface area contributed by atoms with E-state index in [0.29, 0.717) is 11.4 Å². The second kappa shape index (κ2) is 9.01. The topological polar surface area (TPSA) is 92.5 Å². The molecule has 0 aliphatic carbocycles. The van der Waals surface area contributed by atoms with Gasteiger partial charge in [-0.1, -0.05) is 40.1 Å². The number of nitrogens with zero attached hydrogens (tertiary/aromatic N) is 2. The van der Waals surface area contributed by atoms with Gasteiger partial charge in [0, 0.05) is 10.2 Å². The van der Waals surface area contributed by atoms with Crippen LogP contribution in [0.1, 0.15) is 23.9 Å². The molecule has 0 aliphatic heterocycles. The number of aryl methyl sites for hydroxylation is 3. The molecule has 1 aromatic heterocycles. The van der Waals surface area contributed by atoms with Crippen LogP contribution in [0.2, 0.25) is 0 Å². The molecule has 0 atom stereocenters. The van der Waals surface area contributed by atoms with Crippen molar-refractivity contribution in [3.05, 3.63) is 70.0 Å². The fraction of sp³-hybridized carbons (Fsp3) is 0.238. The van der Waals surface area contributed by atoms with E-state index in [1.54, 1.807) is 43.3 Å². The van der Waals surface area contributed by atoms with Crippen LogP contribution in [0.25, 0.3) is 0 Å². The Balaban J connectivity index is 1.96. The van der Waals surface area contributed by atoms with Crippen LogP contribution in [-0.2, 0) is 21.2 Å². The third-order valence-corrected chi connectivity index (χ3v) is 7.11. The van der Waals surface area contributed by atoms with E-state index in [4.69, 9.17) is 4.52 Å². The molecule has 7 nitrogen and oxygen atoms in total. The molecule has 1 N–H and O–H groups in total. The molecule has 0 spiro atoms. The summed E-state index contributed by atoms with van der Waals surface area (Å²) in [6.45, 7) is 4.71. The molecular formula is C21H22BrN3O4S. The minimum absolute atomic E-state index is 0.0292. The summed E-state index contributed by atoms with van der Waals surface area (Å²) in [7, 11) is -4.08. The van der Waals surface area contributed by atoms with Crippen LogP contribution in [-0.4, -0.2) is 26.0 Å². The van der Waals surface area contributed by atoms with Gasteiger partial charge in [0.1, 0.15) is 12.2 Å². The lowest BCUT2D eigenvalue weighted by Gasteiger charge is -2.24. The maximum absolute atomic E-state index is 13.5. The molecule has 0 bridgehead atoms. The molecule has 158 valence electrons. The summed E-state index contributed by atoms with van der Waals surface area (Å²) in [6.07, 6.45) is 0.820. The predicted molar refractivity (Wildman–Crippen MR) is 119 cm³/mol. The first-order valence-electron chi connectivity index (χ1n) is 9.32. The summed E-state index contributed by atoms with van der Waals surface area (Å²) in [5.41, 5.74) is 2.26. The monoisotopic (exact) mass is 491 g/mol. The molecule has 0 aliphatic rings. The highest BCUT2D eigenvalue weighted by atomic mass is 79.9. The lowest BCUT2D eigenvalue weighted by molar-refractivity contribution is -0.114. The van der Waals surface area contributed by atoms with Gasteiger partial charge in [-0.25, -0.2) is 8.42 Å². The molecule has 0 unspecified atom stereocenters. The Labute approximate surface area is 184 Å². The fourth-order valence-electron chi connectivity index (χ4n) is 3.03. The molecule has 3 aromatic rings. The second-order valence-corrected chi connectivity index (χ2v) is 9.45. The smallest absolute Gasteiger partial charge is 0.270 e. The highest BCUT2D eigenvalue weighted by Crippen LogP contribution is 2.28. The predicted octanol–water partition coefficient (Wildman–Crippen LogP) is 4.45. The van der Waals surface area contributed by atoms with E-state index in [1.807, 2.05) is 19.1 Å². The first-order valence-corrected chi connectivity index (χ1v) is 11.6. The number of carbonyl (C=O) groups excluding carboxylic acids is 1. The standard InChI is InChI=1S/C21H22BrN3O4S/c1-4-16-5-11-19(12-6-16)25(30(27,28)21-14(2)24-29-15(21)3)13-20(26)23-18-9-7-17(22)8-10-18/h5-12H,4,13H2,1-3H3,(H,23,26). The maximum atomic E-state index is 13.5. The van der Waals surface area contributed by atoms with E-state index in [9.17, 15) is 13.2 Å². The zero-order chi connectivity index (χ0) is 21.9. The number of rotatable bonds is 7. The van der Waals surface area contributed by atoms with Crippen LogP contribution in [0.4, 0.5) is 11.4 Å². The Kier molecular flexibility index (Phi) is 6.62. The van der Waals surface area contributed by atoms with Crippen molar-refractivity contribution in [1.29, 1.82) is 0 Å². The van der Waals surface area contributed by atoms with E-state index in [0.717, 1.165) is 20.8 Å². The van der Waals surface area contributed by atoms with Crippen molar-refractivity contribution in [2.24, 2.45) is 0 Å². The number of anilines is 2. The number of amides is 1. The SMILES string of the molecule is CCc1ccc(N(CC(=O)Nc2ccc(Br)cc2)S(=O)(=O)c2c(C)noc2C)cc1. The van der Waals surface area contributed by atoms with E-state index in [-0.39, 0.29) is 16.3 Å². The highest BCUT2D eigenvalue weighted by Gasteiger charge is 2.32. The first kappa shape index (κ1) is 22.0. The first-order chi connectivity index (χ1) is 14.2. The largest absolute Gasteiger partial charge is 0.360 e. The summed E-state index contributed by atoms with van der Waals surface area (Å²) in [4.78, 5) is 12.7. The molecule has 0 saturated heterocycles. The molecule has 0 saturated carbocycles. The van der Waals surface area contributed by atoms with Crippen LogP contribution in [0, 0.1) is 13.8 Å². The normalized spacial score (nSPS) is 11.3. The third kappa shape index (κ3) is 4.73. The molecule has 9 heteroatoms. The summed E-state index contributed by atoms with van der Waals surface area (Å²) in [6, 6.07) is 14.1. The molecule has 2 aromatic carbocycles. The zero-order valence-corrected chi connectivity index (χ0v) is 19.2. The van der Waals surface area contributed by atoms with Gasteiger partial charge in [-0.15, -0.1) is 0 Å². The average Bonchev–Trinajstić information content (AvgIpc) is 3.07. The summed E-state index contributed by atoms with van der Waals surface area (Å²) < 4.78 is 33.9. The lowest BCUT2D eigenvalue weighted by atomic mass is 10.1. The average molecular weight is 492 g/mol. The molecule has 0 radical (unpaired) electrons. The van der Waals surface area contributed by atoms with E-state index in [1.165, 1.54) is 6.92 Å². The van der Waals surface area contributed by atoms with Gasteiger partial charge in [0.25, 0.3) is 10.0 Å². The van der Waals surface area contributed by atoms with Crippen molar-refractivity contribution in [2.75, 3.05) is 16.2 Å². The van der Waals surface area contributed by atoms with Crippen molar-refractivity contribution in [3.8, 4) is 0 Å². The Hall–Kier alpha value is -2.65. The van der Waals surface area contributed by atoms with Crippen molar-refractivity contribution >= 4 is 43.2 Å². The van der Waals surface area contributed by atoms with Gasteiger partial charge in [0.15, 0.2) is 10.7 Å². The number of carbonyl (C=O) groups is 1. The molecule has 1 amide bonds. The van der Waals surface area contributed by atoms with Crippen molar-refractivity contribution < 1.29 is 17.7 Å². The van der Waals surface area contributed by atoms with Gasteiger partial charge in [-0.05, 0) is 62.2 Å². The minimum atomic E-state index is -4.08. The summed E-state index contributed by atoms with van der Waals surface area (Å²) >= 11 is 3.34. The molecule has 30 heavy (non-hydrogen) atoms. The maximum Gasteiger partial charge on any atom is 0.270 e. The van der Waals surface area contributed by atoms with Crippen LogP contribution in [0.5, 0.6) is 0 Å². The van der Waals surface area contributed by atoms with E-state index in [2.05, 4.69) is 26.4 Å². The van der Waals surface area contributed by atoms with E-state index >= 15 is 0 Å². The third-order valence-electron chi connectivity index (χ3n) is 4.56.